The van der Waals surface area contributed by atoms with E-state index in [1.165, 1.54) is 6.26 Å². The number of carbonyl (C=O) groups excluding carboxylic acids is 1. The van der Waals surface area contributed by atoms with Crippen molar-refractivity contribution in [3.8, 4) is 0 Å². The molecule has 0 saturated carbocycles. The Morgan fingerprint density at radius 3 is 2.55 bits per heavy atom. The molecule has 1 unspecified atom stereocenters. The number of amides is 1. The Balaban J connectivity index is 2.64. The zero-order valence-corrected chi connectivity index (χ0v) is 12.5. The van der Waals surface area contributed by atoms with Crippen molar-refractivity contribution in [2.24, 2.45) is 11.3 Å². The quantitative estimate of drug-likeness (QED) is 0.840. The molecule has 2 N–H and O–H groups in total. The molecule has 0 radical (unpaired) electrons. The van der Waals surface area contributed by atoms with E-state index in [1.54, 1.807) is 6.07 Å². The molecule has 0 saturated heterocycles. The van der Waals surface area contributed by atoms with Crippen molar-refractivity contribution < 1.29 is 19.1 Å². The number of aliphatic carboxylic acids is 1. The van der Waals surface area contributed by atoms with Crippen LogP contribution in [0.5, 0.6) is 0 Å². The Kier molecular flexibility index (Phi) is 5.36. The number of carboxylic acids is 1. The third-order valence-corrected chi connectivity index (χ3v) is 3.03. The molecule has 1 heterocycles. The van der Waals surface area contributed by atoms with Crippen LogP contribution in [-0.4, -0.2) is 23.5 Å². The highest BCUT2D eigenvalue weighted by Crippen LogP contribution is 2.24. The minimum atomic E-state index is -0.886. The van der Waals surface area contributed by atoms with Crippen molar-refractivity contribution >= 4 is 11.9 Å². The van der Waals surface area contributed by atoms with Gasteiger partial charge >= 0.3 is 5.97 Å². The molecule has 0 fully saturated rings. The van der Waals surface area contributed by atoms with E-state index in [4.69, 9.17) is 4.42 Å². The molecule has 1 aromatic heterocycles. The standard InChI is InChI=1S/C15H23NO4/c1-5-12-11(6-7-20-12)13(17)16-9-10(14(18)19)8-15(2,3)4/h6-7,10H,5,8-9H2,1-4H3,(H,16,17)(H,18,19). The minimum Gasteiger partial charge on any atom is -0.481 e. The molecular weight excluding hydrogens is 258 g/mol. The summed E-state index contributed by atoms with van der Waals surface area (Å²) in [6.07, 6.45) is 2.60. The summed E-state index contributed by atoms with van der Waals surface area (Å²) in [7, 11) is 0. The van der Waals surface area contributed by atoms with Gasteiger partial charge in [-0.05, 0) is 17.9 Å². The van der Waals surface area contributed by atoms with E-state index >= 15 is 0 Å². The first-order valence-electron chi connectivity index (χ1n) is 6.82. The molecule has 0 spiro atoms. The van der Waals surface area contributed by atoms with Crippen molar-refractivity contribution in [1.29, 1.82) is 0 Å². The Labute approximate surface area is 119 Å². The van der Waals surface area contributed by atoms with Crippen molar-refractivity contribution in [1.82, 2.24) is 5.32 Å². The van der Waals surface area contributed by atoms with Gasteiger partial charge < -0.3 is 14.8 Å². The molecule has 0 aromatic carbocycles. The zero-order valence-electron chi connectivity index (χ0n) is 12.5. The molecule has 5 heteroatoms. The van der Waals surface area contributed by atoms with Gasteiger partial charge in [0, 0.05) is 13.0 Å². The Hall–Kier alpha value is -1.78. The highest BCUT2D eigenvalue weighted by Gasteiger charge is 2.25. The van der Waals surface area contributed by atoms with E-state index in [-0.39, 0.29) is 17.9 Å². The normalized spacial score (nSPS) is 13.0. The van der Waals surface area contributed by atoms with E-state index in [2.05, 4.69) is 5.32 Å². The van der Waals surface area contributed by atoms with Crippen LogP contribution < -0.4 is 5.32 Å². The van der Waals surface area contributed by atoms with E-state index in [1.807, 2.05) is 27.7 Å². The van der Waals surface area contributed by atoms with Crippen LogP contribution in [0.4, 0.5) is 0 Å². The van der Waals surface area contributed by atoms with Crippen LogP contribution in [0.3, 0.4) is 0 Å². The molecule has 0 aliphatic carbocycles. The molecule has 5 nitrogen and oxygen atoms in total. The van der Waals surface area contributed by atoms with Gasteiger partial charge in [-0.25, -0.2) is 0 Å². The summed E-state index contributed by atoms with van der Waals surface area (Å²) in [5.74, 6) is -1.14. The first-order valence-corrected chi connectivity index (χ1v) is 6.82. The highest BCUT2D eigenvalue weighted by atomic mass is 16.4. The van der Waals surface area contributed by atoms with Crippen molar-refractivity contribution in [3.05, 3.63) is 23.7 Å². The SMILES string of the molecule is CCc1occc1C(=O)NCC(CC(C)(C)C)C(=O)O. The Bertz CT molecular complexity index is 470. The summed E-state index contributed by atoms with van der Waals surface area (Å²) < 4.78 is 5.19. The number of aryl methyl sites for hydroxylation is 1. The third-order valence-electron chi connectivity index (χ3n) is 3.03. The van der Waals surface area contributed by atoms with Gasteiger partial charge in [-0.3, -0.25) is 9.59 Å². The van der Waals surface area contributed by atoms with Crippen LogP contribution >= 0.6 is 0 Å². The summed E-state index contributed by atoms with van der Waals surface area (Å²) in [6, 6.07) is 1.60. The minimum absolute atomic E-state index is 0.0992. The second kappa shape index (κ2) is 6.59. The van der Waals surface area contributed by atoms with Crippen LogP contribution in [0.15, 0.2) is 16.7 Å². The number of carboxylic acid groups (broad SMARTS) is 1. The van der Waals surface area contributed by atoms with E-state index < -0.39 is 11.9 Å². The molecule has 1 rings (SSSR count). The van der Waals surface area contributed by atoms with Gasteiger partial charge in [-0.15, -0.1) is 0 Å². The number of carbonyl (C=O) groups is 2. The van der Waals surface area contributed by atoms with E-state index in [0.717, 1.165) is 0 Å². The molecule has 20 heavy (non-hydrogen) atoms. The van der Waals surface area contributed by atoms with Gasteiger partial charge in [0.05, 0.1) is 17.7 Å². The summed E-state index contributed by atoms with van der Waals surface area (Å²) in [4.78, 5) is 23.2. The third kappa shape index (κ3) is 4.72. The topological polar surface area (TPSA) is 79.5 Å². The predicted octanol–water partition coefficient (Wildman–Crippen LogP) is 2.71. The van der Waals surface area contributed by atoms with Crippen molar-refractivity contribution in [2.75, 3.05) is 6.54 Å². The van der Waals surface area contributed by atoms with Gasteiger partial charge in [0.15, 0.2) is 0 Å². The second-order valence-electron chi connectivity index (χ2n) is 6.12. The van der Waals surface area contributed by atoms with Gasteiger partial charge in [-0.2, -0.15) is 0 Å². The van der Waals surface area contributed by atoms with Crippen molar-refractivity contribution in [2.45, 2.75) is 40.5 Å². The van der Waals surface area contributed by atoms with Crippen molar-refractivity contribution in [3.63, 3.8) is 0 Å². The molecule has 0 aliphatic heterocycles. The van der Waals surface area contributed by atoms with E-state index in [9.17, 15) is 14.7 Å². The fourth-order valence-electron chi connectivity index (χ4n) is 2.11. The summed E-state index contributed by atoms with van der Waals surface area (Å²) >= 11 is 0. The number of hydrogen-bond acceptors (Lipinski definition) is 3. The lowest BCUT2D eigenvalue weighted by Gasteiger charge is -2.23. The zero-order chi connectivity index (χ0) is 15.3. The van der Waals surface area contributed by atoms with Crippen LogP contribution in [0.2, 0.25) is 0 Å². The molecule has 112 valence electrons. The Morgan fingerprint density at radius 2 is 2.05 bits per heavy atom. The molecule has 1 amide bonds. The lowest BCUT2D eigenvalue weighted by Crippen LogP contribution is -2.35. The first kappa shape index (κ1) is 16.3. The number of rotatable bonds is 6. The summed E-state index contributed by atoms with van der Waals surface area (Å²) in [5.41, 5.74) is 0.380. The number of nitrogens with one attached hydrogen (secondary N) is 1. The molecule has 0 aliphatic rings. The average Bonchev–Trinajstić information content (AvgIpc) is 2.80. The number of furan rings is 1. The lowest BCUT2D eigenvalue weighted by molar-refractivity contribution is -0.142. The fraction of sp³-hybridized carbons (Fsp3) is 0.600. The summed E-state index contributed by atoms with van der Waals surface area (Å²) in [6.45, 7) is 7.97. The second-order valence-corrected chi connectivity index (χ2v) is 6.12. The van der Waals surface area contributed by atoms with Gasteiger partial charge in [0.2, 0.25) is 0 Å². The van der Waals surface area contributed by atoms with Crippen LogP contribution in [0, 0.1) is 11.3 Å². The fourth-order valence-corrected chi connectivity index (χ4v) is 2.11. The molecule has 1 aromatic rings. The number of hydrogen-bond donors (Lipinski definition) is 2. The van der Waals surface area contributed by atoms with Crippen LogP contribution in [0.25, 0.3) is 0 Å². The maximum atomic E-state index is 12.0. The predicted molar refractivity (Wildman–Crippen MR) is 75.6 cm³/mol. The van der Waals surface area contributed by atoms with Crippen LogP contribution in [-0.2, 0) is 11.2 Å². The van der Waals surface area contributed by atoms with Crippen LogP contribution in [0.1, 0.15) is 50.2 Å². The first-order chi connectivity index (χ1) is 9.24. The monoisotopic (exact) mass is 281 g/mol. The molecule has 0 bridgehead atoms. The molecule has 1 atom stereocenters. The largest absolute Gasteiger partial charge is 0.481 e. The Morgan fingerprint density at radius 1 is 1.40 bits per heavy atom. The van der Waals surface area contributed by atoms with Gasteiger partial charge in [-0.1, -0.05) is 27.7 Å². The van der Waals surface area contributed by atoms with E-state index in [0.29, 0.717) is 24.2 Å². The maximum Gasteiger partial charge on any atom is 0.308 e. The maximum absolute atomic E-state index is 12.0. The summed E-state index contributed by atoms with van der Waals surface area (Å²) in [5, 5.41) is 11.9. The smallest absolute Gasteiger partial charge is 0.308 e. The van der Waals surface area contributed by atoms with Gasteiger partial charge in [0.25, 0.3) is 5.91 Å². The highest BCUT2D eigenvalue weighted by molar-refractivity contribution is 5.95. The van der Waals surface area contributed by atoms with Gasteiger partial charge in [0.1, 0.15) is 5.76 Å². The molecular formula is C15H23NO4. The lowest BCUT2D eigenvalue weighted by atomic mass is 9.84. The average molecular weight is 281 g/mol.